The number of amides is 1. The summed E-state index contributed by atoms with van der Waals surface area (Å²) < 4.78 is 5.24. The van der Waals surface area contributed by atoms with Crippen LogP contribution in [0.2, 0.25) is 0 Å². The highest BCUT2D eigenvalue weighted by Crippen LogP contribution is 2.30. The second-order valence-electron chi connectivity index (χ2n) is 6.67. The van der Waals surface area contributed by atoms with E-state index in [1.165, 1.54) is 6.92 Å². The highest BCUT2D eigenvalue weighted by molar-refractivity contribution is 6.02. The Hall–Kier alpha value is -2.15. The summed E-state index contributed by atoms with van der Waals surface area (Å²) in [6.45, 7) is 6.03. The van der Waals surface area contributed by atoms with Crippen LogP contribution in [0.25, 0.3) is 0 Å². The number of nitrogens with one attached hydrogen (secondary N) is 2. The number of hydrogen-bond donors (Lipinski definition) is 3. The largest absolute Gasteiger partial charge is 0.481 e. The van der Waals surface area contributed by atoms with Crippen molar-refractivity contribution in [3.8, 4) is 0 Å². The number of Topliss-reactive ketones (excluding diaryl/α,β-unsaturated/α-hetero) is 1. The molecule has 138 valence electrons. The number of carbonyl (C=O) groups excluding carboxylic acids is 2. The maximum Gasteiger partial charge on any atom is 0.311 e. The Labute approximate surface area is 147 Å². The van der Waals surface area contributed by atoms with Crippen molar-refractivity contribution in [3.63, 3.8) is 0 Å². The summed E-state index contributed by atoms with van der Waals surface area (Å²) in [4.78, 5) is 39.2. The van der Waals surface area contributed by atoms with Gasteiger partial charge in [-0.1, -0.05) is 13.3 Å². The fourth-order valence-corrected chi connectivity index (χ4v) is 3.41. The molecule has 1 aliphatic heterocycles. The first kappa shape index (κ1) is 19.2. The van der Waals surface area contributed by atoms with E-state index in [1.807, 2.05) is 6.92 Å². The molecule has 0 spiro atoms. The smallest absolute Gasteiger partial charge is 0.311 e. The summed E-state index contributed by atoms with van der Waals surface area (Å²) in [5, 5.41) is 12.3. The number of hydrogen-bond acceptors (Lipinski definition) is 4. The zero-order valence-electron chi connectivity index (χ0n) is 15.0. The van der Waals surface area contributed by atoms with Gasteiger partial charge in [-0.05, 0) is 38.7 Å². The number of aliphatic carboxylic acids is 1. The van der Waals surface area contributed by atoms with E-state index in [0.717, 1.165) is 6.42 Å². The lowest BCUT2D eigenvalue weighted by Crippen LogP contribution is -2.46. The molecule has 1 saturated heterocycles. The van der Waals surface area contributed by atoms with Crippen LogP contribution >= 0.6 is 0 Å². The standard InChI is InChI=1S/C18H26N2O5/c1-4-5-13-14(12(3)21)11(2)20-15(13)16(22)19-10-18(17(23)24)6-8-25-9-7-18/h20H,4-10H2,1-3H3,(H,19,22)(H,23,24). The fourth-order valence-electron chi connectivity index (χ4n) is 3.41. The second kappa shape index (κ2) is 7.82. The lowest BCUT2D eigenvalue weighted by molar-refractivity contribution is -0.154. The first-order valence-corrected chi connectivity index (χ1v) is 8.64. The number of H-pyrrole nitrogens is 1. The molecule has 1 aromatic heterocycles. The normalized spacial score (nSPS) is 16.4. The van der Waals surface area contributed by atoms with Gasteiger partial charge in [0, 0.05) is 31.0 Å². The van der Waals surface area contributed by atoms with Crippen molar-refractivity contribution < 1.29 is 24.2 Å². The molecule has 0 radical (unpaired) electrons. The van der Waals surface area contributed by atoms with E-state index >= 15 is 0 Å². The minimum absolute atomic E-state index is 0.0452. The molecule has 0 atom stereocenters. The first-order valence-electron chi connectivity index (χ1n) is 8.64. The van der Waals surface area contributed by atoms with E-state index in [1.54, 1.807) is 6.92 Å². The average molecular weight is 350 g/mol. The molecule has 1 amide bonds. The Balaban J connectivity index is 2.22. The van der Waals surface area contributed by atoms with E-state index in [9.17, 15) is 19.5 Å². The van der Waals surface area contributed by atoms with Gasteiger partial charge in [0.25, 0.3) is 5.91 Å². The van der Waals surface area contributed by atoms with Crippen LogP contribution in [-0.4, -0.2) is 47.5 Å². The molecule has 0 saturated carbocycles. The topological polar surface area (TPSA) is 108 Å². The number of carboxylic acids is 1. The number of carbonyl (C=O) groups is 3. The summed E-state index contributed by atoms with van der Waals surface area (Å²) in [7, 11) is 0. The van der Waals surface area contributed by atoms with Gasteiger partial charge in [0.15, 0.2) is 5.78 Å². The van der Waals surface area contributed by atoms with Gasteiger partial charge < -0.3 is 20.1 Å². The van der Waals surface area contributed by atoms with Crippen molar-refractivity contribution in [2.75, 3.05) is 19.8 Å². The molecule has 2 heterocycles. The van der Waals surface area contributed by atoms with Crippen molar-refractivity contribution in [1.82, 2.24) is 10.3 Å². The van der Waals surface area contributed by atoms with Crippen molar-refractivity contribution in [1.29, 1.82) is 0 Å². The van der Waals surface area contributed by atoms with Gasteiger partial charge in [0.2, 0.25) is 0 Å². The van der Waals surface area contributed by atoms with Gasteiger partial charge in [0.05, 0.1) is 5.41 Å². The van der Waals surface area contributed by atoms with Gasteiger partial charge in [-0.15, -0.1) is 0 Å². The maximum atomic E-state index is 12.7. The van der Waals surface area contributed by atoms with Gasteiger partial charge >= 0.3 is 5.97 Å². The molecule has 7 nitrogen and oxygen atoms in total. The lowest BCUT2D eigenvalue weighted by Gasteiger charge is -2.33. The van der Waals surface area contributed by atoms with Crippen molar-refractivity contribution in [3.05, 3.63) is 22.5 Å². The Morgan fingerprint density at radius 2 is 1.92 bits per heavy atom. The number of aromatic amines is 1. The molecule has 1 aliphatic rings. The number of aromatic nitrogens is 1. The summed E-state index contributed by atoms with van der Waals surface area (Å²) >= 11 is 0. The molecular formula is C18H26N2O5. The predicted octanol–water partition coefficient (Wildman–Crippen LogP) is 2.09. The number of rotatable bonds is 7. The lowest BCUT2D eigenvalue weighted by atomic mass is 9.80. The van der Waals surface area contributed by atoms with Gasteiger partial charge in [-0.25, -0.2) is 0 Å². The third-order valence-corrected chi connectivity index (χ3v) is 4.86. The first-order chi connectivity index (χ1) is 11.8. The maximum absolute atomic E-state index is 12.7. The molecule has 2 rings (SSSR count). The Kier molecular flexibility index (Phi) is 6.00. The third-order valence-electron chi connectivity index (χ3n) is 4.86. The SMILES string of the molecule is CCCc1c(C(=O)NCC2(C(=O)O)CCOCC2)[nH]c(C)c1C(C)=O. The Morgan fingerprint density at radius 1 is 1.28 bits per heavy atom. The molecule has 25 heavy (non-hydrogen) atoms. The monoisotopic (exact) mass is 350 g/mol. The molecular weight excluding hydrogens is 324 g/mol. The zero-order chi connectivity index (χ0) is 18.6. The van der Waals surface area contributed by atoms with Crippen molar-refractivity contribution >= 4 is 17.7 Å². The van der Waals surface area contributed by atoms with E-state index in [0.29, 0.717) is 55.0 Å². The summed E-state index contributed by atoms with van der Waals surface area (Å²) in [6, 6.07) is 0. The molecule has 3 N–H and O–H groups in total. The number of ketones is 1. The van der Waals surface area contributed by atoms with E-state index in [4.69, 9.17) is 4.74 Å². The summed E-state index contributed by atoms with van der Waals surface area (Å²) in [6.07, 6.45) is 2.15. The van der Waals surface area contributed by atoms with Crippen LogP contribution in [0.5, 0.6) is 0 Å². The summed E-state index contributed by atoms with van der Waals surface area (Å²) in [5.74, 6) is -1.37. The second-order valence-corrected chi connectivity index (χ2v) is 6.67. The van der Waals surface area contributed by atoms with Crippen LogP contribution in [0, 0.1) is 12.3 Å². The van der Waals surface area contributed by atoms with E-state index in [2.05, 4.69) is 10.3 Å². The minimum atomic E-state index is -0.996. The predicted molar refractivity (Wildman–Crippen MR) is 92.0 cm³/mol. The van der Waals surface area contributed by atoms with Gasteiger partial charge in [0.1, 0.15) is 5.69 Å². The van der Waals surface area contributed by atoms with Crippen molar-refractivity contribution in [2.24, 2.45) is 5.41 Å². The highest BCUT2D eigenvalue weighted by Gasteiger charge is 2.40. The molecule has 0 aromatic carbocycles. The highest BCUT2D eigenvalue weighted by atomic mass is 16.5. The molecule has 0 unspecified atom stereocenters. The van der Waals surface area contributed by atoms with Crippen LogP contribution in [0.3, 0.4) is 0 Å². The summed E-state index contributed by atoms with van der Waals surface area (Å²) in [5.41, 5.74) is 1.30. The molecule has 1 fully saturated rings. The zero-order valence-corrected chi connectivity index (χ0v) is 15.0. The van der Waals surface area contributed by atoms with Crippen molar-refractivity contribution in [2.45, 2.75) is 46.5 Å². The average Bonchev–Trinajstić information content (AvgIpc) is 2.90. The van der Waals surface area contributed by atoms with E-state index in [-0.39, 0.29) is 18.2 Å². The third kappa shape index (κ3) is 3.92. The van der Waals surface area contributed by atoms with Crippen LogP contribution < -0.4 is 5.32 Å². The Morgan fingerprint density at radius 3 is 2.44 bits per heavy atom. The van der Waals surface area contributed by atoms with E-state index < -0.39 is 11.4 Å². The number of ether oxygens (including phenoxy) is 1. The molecule has 7 heteroatoms. The number of aryl methyl sites for hydroxylation is 1. The minimum Gasteiger partial charge on any atom is -0.481 e. The van der Waals surface area contributed by atoms with Crippen LogP contribution in [0.4, 0.5) is 0 Å². The van der Waals surface area contributed by atoms with Crippen LogP contribution in [-0.2, 0) is 16.0 Å². The van der Waals surface area contributed by atoms with Crippen LogP contribution in [0.15, 0.2) is 0 Å². The number of carboxylic acid groups (broad SMARTS) is 1. The molecule has 1 aromatic rings. The quantitative estimate of drug-likeness (QED) is 0.653. The fraction of sp³-hybridized carbons (Fsp3) is 0.611. The van der Waals surface area contributed by atoms with Gasteiger partial charge in [-0.2, -0.15) is 0 Å². The van der Waals surface area contributed by atoms with Crippen LogP contribution in [0.1, 0.15) is 65.2 Å². The Bertz CT molecular complexity index is 671. The molecule has 0 aliphatic carbocycles. The molecule has 0 bridgehead atoms. The van der Waals surface area contributed by atoms with Gasteiger partial charge in [-0.3, -0.25) is 14.4 Å².